The lowest BCUT2D eigenvalue weighted by atomic mass is 10.1. The summed E-state index contributed by atoms with van der Waals surface area (Å²) < 4.78 is 1.46. The Morgan fingerprint density at radius 2 is 2.09 bits per heavy atom. The van der Waals surface area contributed by atoms with E-state index in [1.165, 1.54) is 23.8 Å². The highest BCUT2D eigenvalue weighted by Crippen LogP contribution is 2.19. The Labute approximate surface area is 138 Å². The molecule has 7 heteroatoms. The summed E-state index contributed by atoms with van der Waals surface area (Å²) >= 11 is 1.10. The molecule has 0 spiro atoms. The summed E-state index contributed by atoms with van der Waals surface area (Å²) in [6.07, 6.45) is 5.52. The highest BCUT2D eigenvalue weighted by Gasteiger charge is 2.12. The minimum Gasteiger partial charge on any atom is -0.370 e. The average Bonchev–Trinajstić information content (AvgIpc) is 2.88. The van der Waals surface area contributed by atoms with Gasteiger partial charge in [0, 0.05) is 24.2 Å². The van der Waals surface area contributed by atoms with Crippen LogP contribution in [-0.4, -0.2) is 28.5 Å². The Kier molecular flexibility index (Phi) is 4.76. The molecule has 3 heterocycles. The van der Waals surface area contributed by atoms with Gasteiger partial charge >= 0.3 is 4.87 Å². The Hall–Kier alpha value is -2.15. The molecule has 1 fully saturated rings. The van der Waals surface area contributed by atoms with Crippen LogP contribution < -0.4 is 15.1 Å². The van der Waals surface area contributed by atoms with Gasteiger partial charge in [-0.1, -0.05) is 11.3 Å². The fourth-order valence-electron chi connectivity index (χ4n) is 2.72. The van der Waals surface area contributed by atoms with Gasteiger partial charge in [-0.15, -0.1) is 0 Å². The monoisotopic (exact) mass is 332 g/mol. The summed E-state index contributed by atoms with van der Waals surface area (Å²) in [7, 11) is 0. The highest BCUT2D eigenvalue weighted by molar-refractivity contribution is 7.07. The summed E-state index contributed by atoms with van der Waals surface area (Å²) in [6, 6.07) is 3.79. The topological polar surface area (TPSA) is 67.2 Å². The number of thiazole rings is 1. The average molecular weight is 332 g/mol. The first-order chi connectivity index (χ1) is 11.1. The maximum absolute atomic E-state index is 12.1. The Morgan fingerprint density at radius 3 is 2.70 bits per heavy atom. The van der Waals surface area contributed by atoms with Gasteiger partial charge in [-0.3, -0.25) is 14.2 Å². The standard InChI is InChI=1S/C16H20N4O2S/c1-12-11-23-16(22)20(12)10-15(21)18-14-6-5-13(9-17-14)19-7-3-2-4-8-19/h5-6,9,11H,2-4,7-8,10H2,1H3,(H,17,18,21). The fraction of sp³-hybridized carbons (Fsp3) is 0.438. The van der Waals surface area contributed by atoms with Gasteiger partial charge in [0.1, 0.15) is 12.4 Å². The maximum atomic E-state index is 12.1. The maximum Gasteiger partial charge on any atom is 0.307 e. The van der Waals surface area contributed by atoms with Crippen molar-refractivity contribution in [2.24, 2.45) is 0 Å². The quantitative estimate of drug-likeness (QED) is 0.932. The summed E-state index contributed by atoms with van der Waals surface area (Å²) in [5.74, 6) is 0.267. The first kappa shape index (κ1) is 15.7. The van der Waals surface area contributed by atoms with E-state index in [-0.39, 0.29) is 17.3 Å². The molecule has 1 aliphatic rings. The molecule has 3 rings (SSSR count). The van der Waals surface area contributed by atoms with Crippen molar-refractivity contribution in [2.75, 3.05) is 23.3 Å². The number of pyridine rings is 1. The second-order valence-electron chi connectivity index (χ2n) is 5.73. The van der Waals surface area contributed by atoms with E-state index >= 15 is 0 Å². The van der Waals surface area contributed by atoms with Crippen molar-refractivity contribution in [3.63, 3.8) is 0 Å². The molecule has 0 saturated carbocycles. The lowest BCUT2D eigenvalue weighted by molar-refractivity contribution is -0.116. The molecule has 1 N–H and O–H groups in total. The molecular weight excluding hydrogens is 312 g/mol. The summed E-state index contributed by atoms with van der Waals surface area (Å²) in [6.45, 7) is 3.96. The predicted octanol–water partition coefficient (Wildman–Crippen LogP) is 2.24. The van der Waals surface area contributed by atoms with Crippen molar-refractivity contribution < 1.29 is 4.79 Å². The number of rotatable bonds is 4. The molecule has 0 aliphatic carbocycles. The van der Waals surface area contributed by atoms with E-state index in [1.54, 1.807) is 11.6 Å². The van der Waals surface area contributed by atoms with Crippen LogP contribution in [0.1, 0.15) is 25.0 Å². The zero-order valence-electron chi connectivity index (χ0n) is 13.1. The third-order valence-corrected chi connectivity index (χ3v) is 4.90. The number of piperidine rings is 1. The number of aromatic nitrogens is 2. The van der Waals surface area contributed by atoms with Crippen LogP contribution in [0.25, 0.3) is 0 Å². The first-order valence-electron chi connectivity index (χ1n) is 7.79. The summed E-state index contributed by atoms with van der Waals surface area (Å²) in [5.41, 5.74) is 1.89. The minimum atomic E-state index is -0.244. The molecule has 0 radical (unpaired) electrons. The largest absolute Gasteiger partial charge is 0.370 e. The molecule has 23 heavy (non-hydrogen) atoms. The fourth-order valence-corrected chi connectivity index (χ4v) is 3.46. The van der Waals surface area contributed by atoms with Crippen molar-refractivity contribution in [2.45, 2.75) is 32.7 Å². The Balaban J connectivity index is 1.61. The normalized spacial score (nSPS) is 14.7. The number of amides is 1. The Morgan fingerprint density at radius 1 is 1.30 bits per heavy atom. The van der Waals surface area contributed by atoms with Gasteiger partial charge in [0.15, 0.2) is 0 Å². The van der Waals surface area contributed by atoms with Gasteiger partial charge < -0.3 is 10.2 Å². The molecule has 1 saturated heterocycles. The lowest BCUT2D eigenvalue weighted by Gasteiger charge is -2.28. The van der Waals surface area contributed by atoms with E-state index in [9.17, 15) is 9.59 Å². The molecule has 2 aromatic rings. The zero-order valence-corrected chi connectivity index (χ0v) is 13.9. The van der Waals surface area contributed by atoms with E-state index in [0.29, 0.717) is 5.82 Å². The smallest absolute Gasteiger partial charge is 0.307 e. The third-order valence-electron chi connectivity index (χ3n) is 4.01. The van der Waals surface area contributed by atoms with E-state index in [0.717, 1.165) is 35.8 Å². The second kappa shape index (κ2) is 6.95. The predicted molar refractivity (Wildman–Crippen MR) is 92.2 cm³/mol. The van der Waals surface area contributed by atoms with Gasteiger partial charge in [-0.2, -0.15) is 0 Å². The van der Waals surface area contributed by atoms with Gasteiger partial charge in [0.2, 0.25) is 5.91 Å². The van der Waals surface area contributed by atoms with Crippen LogP contribution in [0.5, 0.6) is 0 Å². The number of nitrogens with zero attached hydrogens (tertiary/aromatic N) is 3. The number of anilines is 2. The van der Waals surface area contributed by atoms with Gasteiger partial charge in [0.25, 0.3) is 0 Å². The van der Waals surface area contributed by atoms with E-state index < -0.39 is 0 Å². The van der Waals surface area contributed by atoms with Crippen LogP contribution in [0.2, 0.25) is 0 Å². The van der Waals surface area contributed by atoms with Crippen LogP contribution in [0.15, 0.2) is 28.5 Å². The van der Waals surface area contributed by atoms with Crippen molar-refractivity contribution in [1.29, 1.82) is 0 Å². The summed E-state index contributed by atoms with van der Waals surface area (Å²) in [5, 5.41) is 4.49. The molecule has 2 aromatic heterocycles. The molecule has 122 valence electrons. The van der Waals surface area contributed by atoms with Crippen LogP contribution in [-0.2, 0) is 11.3 Å². The number of hydrogen-bond acceptors (Lipinski definition) is 5. The number of aryl methyl sites for hydroxylation is 1. The number of hydrogen-bond donors (Lipinski definition) is 1. The molecule has 0 aromatic carbocycles. The van der Waals surface area contributed by atoms with Crippen molar-refractivity contribution in [1.82, 2.24) is 9.55 Å². The molecule has 0 atom stereocenters. The molecule has 1 aliphatic heterocycles. The number of nitrogens with one attached hydrogen (secondary N) is 1. The van der Waals surface area contributed by atoms with Crippen LogP contribution in [0, 0.1) is 6.92 Å². The van der Waals surface area contributed by atoms with Gasteiger partial charge in [-0.25, -0.2) is 4.98 Å². The van der Waals surface area contributed by atoms with Crippen molar-refractivity contribution in [3.8, 4) is 0 Å². The zero-order chi connectivity index (χ0) is 16.2. The Bertz CT molecular complexity index is 729. The van der Waals surface area contributed by atoms with Crippen LogP contribution in [0.4, 0.5) is 11.5 Å². The minimum absolute atomic E-state index is 0.0176. The highest BCUT2D eigenvalue weighted by atomic mass is 32.1. The SMILES string of the molecule is Cc1csc(=O)n1CC(=O)Nc1ccc(N2CCCCC2)cn1. The van der Waals surface area contributed by atoms with E-state index in [1.807, 2.05) is 19.1 Å². The second-order valence-corrected chi connectivity index (χ2v) is 6.55. The van der Waals surface area contributed by atoms with E-state index in [2.05, 4.69) is 15.2 Å². The first-order valence-corrected chi connectivity index (χ1v) is 8.67. The van der Waals surface area contributed by atoms with Crippen molar-refractivity contribution in [3.05, 3.63) is 39.1 Å². The molecule has 1 amide bonds. The number of carbonyl (C=O) groups excluding carboxylic acids is 1. The molecule has 0 bridgehead atoms. The van der Waals surface area contributed by atoms with Gasteiger partial charge in [-0.05, 0) is 38.3 Å². The lowest BCUT2D eigenvalue weighted by Crippen LogP contribution is -2.29. The van der Waals surface area contributed by atoms with Crippen molar-refractivity contribution >= 4 is 28.7 Å². The summed E-state index contributed by atoms with van der Waals surface area (Å²) in [4.78, 5) is 30.2. The molecule has 6 nitrogen and oxygen atoms in total. The van der Waals surface area contributed by atoms with E-state index in [4.69, 9.17) is 0 Å². The van der Waals surface area contributed by atoms with Crippen LogP contribution in [0.3, 0.4) is 0 Å². The van der Waals surface area contributed by atoms with Crippen LogP contribution >= 0.6 is 11.3 Å². The van der Waals surface area contributed by atoms with Gasteiger partial charge in [0.05, 0.1) is 11.9 Å². The number of carbonyl (C=O) groups is 1. The molecule has 0 unspecified atom stereocenters. The third kappa shape index (κ3) is 3.79. The molecular formula is C16H20N4O2S.